The summed E-state index contributed by atoms with van der Waals surface area (Å²) < 4.78 is 24.3. The predicted molar refractivity (Wildman–Crippen MR) is 90.7 cm³/mol. The number of likely N-dealkylation sites (tertiary alicyclic amines) is 1. The molecule has 5 nitrogen and oxygen atoms in total. The van der Waals surface area contributed by atoms with Gasteiger partial charge in [-0.25, -0.2) is 4.39 Å². The van der Waals surface area contributed by atoms with E-state index in [4.69, 9.17) is 14.3 Å². The van der Waals surface area contributed by atoms with Crippen molar-refractivity contribution in [3.63, 3.8) is 0 Å². The molecule has 1 aromatic carbocycles. The normalized spacial score (nSPS) is 15.5. The molecule has 0 unspecified atom stereocenters. The van der Waals surface area contributed by atoms with Gasteiger partial charge in [-0.15, -0.1) is 0 Å². The van der Waals surface area contributed by atoms with E-state index in [9.17, 15) is 9.18 Å². The number of furan rings is 1. The fraction of sp³-hybridized carbons (Fsp3) is 0.421. The summed E-state index contributed by atoms with van der Waals surface area (Å²) in [6.45, 7) is 1.92. The van der Waals surface area contributed by atoms with Gasteiger partial charge in [-0.2, -0.15) is 0 Å². The Hall–Kier alpha value is -2.18. The number of hydrogen-bond donors (Lipinski definition) is 1. The first-order chi connectivity index (χ1) is 12.2. The maximum Gasteiger partial charge on any atom is 0.289 e. The van der Waals surface area contributed by atoms with Crippen LogP contribution < -0.4 is 0 Å². The molecule has 0 saturated carbocycles. The Labute approximate surface area is 146 Å². The van der Waals surface area contributed by atoms with Crippen molar-refractivity contribution in [1.82, 2.24) is 4.90 Å². The third-order valence-corrected chi connectivity index (χ3v) is 4.33. The van der Waals surface area contributed by atoms with E-state index < -0.39 is 0 Å². The number of piperidine rings is 1. The molecule has 1 aliphatic heterocycles. The summed E-state index contributed by atoms with van der Waals surface area (Å²) in [7, 11) is 0. The molecule has 0 atom stereocenters. The summed E-state index contributed by atoms with van der Waals surface area (Å²) >= 11 is 0. The lowest BCUT2D eigenvalue weighted by atomic mass is 10.1. The van der Waals surface area contributed by atoms with E-state index in [0.29, 0.717) is 37.6 Å². The summed E-state index contributed by atoms with van der Waals surface area (Å²) in [5.41, 5.74) is 0.733. The van der Waals surface area contributed by atoms with Gasteiger partial charge in [0.15, 0.2) is 5.76 Å². The molecule has 0 aliphatic carbocycles. The van der Waals surface area contributed by atoms with Gasteiger partial charge in [0.2, 0.25) is 0 Å². The Bertz CT molecular complexity index is 690. The summed E-state index contributed by atoms with van der Waals surface area (Å²) in [5.74, 6) is 0.391. The number of rotatable bonds is 6. The molecule has 0 bridgehead atoms. The van der Waals surface area contributed by atoms with Gasteiger partial charge in [0.05, 0.1) is 6.10 Å². The van der Waals surface area contributed by atoms with E-state index in [2.05, 4.69) is 0 Å². The molecule has 134 valence electrons. The number of amides is 1. The monoisotopic (exact) mass is 347 g/mol. The predicted octanol–water partition coefficient (Wildman–Crippen LogP) is 3.09. The van der Waals surface area contributed by atoms with E-state index in [1.54, 1.807) is 29.2 Å². The standard InChI is InChI=1S/C19H22FNO4/c20-15-4-2-14(3-5-15)17-6-7-18(25-17)19(23)21-10-8-16(9-11-21)24-13-1-12-22/h2-7,16,22H,1,8-13H2. The first-order valence-corrected chi connectivity index (χ1v) is 8.55. The maximum absolute atomic E-state index is 13.0. The Balaban J connectivity index is 1.56. The molecule has 2 aromatic rings. The van der Waals surface area contributed by atoms with Gasteiger partial charge in [-0.05, 0) is 55.7 Å². The molecule has 1 saturated heterocycles. The topological polar surface area (TPSA) is 62.9 Å². The van der Waals surface area contributed by atoms with Crippen LogP contribution in [-0.4, -0.2) is 48.3 Å². The molecule has 25 heavy (non-hydrogen) atoms. The lowest BCUT2D eigenvalue weighted by Gasteiger charge is -2.31. The number of halogens is 1. The average molecular weight is 347 g/mol. The number of ether oxygens (including phenoxy) is 1. The van der Waals surface area contributed by atoms with Crippen LogP contribution in [0.1, 0.15) is 29.8 Å². The summed E-state index contributed by atoms with van der Waals surface area (Å²) in [5, 5.41) is 8.77. The summed E-state index contributed by atoms with van der Waals surface area (Å²) in [6, 6.07) is 9.35. The largest absolute Gasteiger partial charge is 0.451 e. The lowest BCUT2D eigenvalue weighted by molar-refractivity contribution is 0.00329. The zero-order valence-corrected chi connectivity index (χ0v) is 14.0. The Morgan fingerprint density at radius 1 is 1.20 bits per heavy atom. The first kappa shape index (κ1) is 17.6. The van der Waals surface area contributed by atoms with Crippen LogP contribution in [0.25, 0.3) is 11.3 Å². The molecular weight excluding hydrogens is 325 g/mol. The Morgan fingerprint density at radius 2 is 1.92 bits per heavy atom. The first-order valence-electron chi connectivity index (χ1n) is 8.55. The highest BCUT2D eigenvalue weighted by Crippen LogP contribution is 2.24. The van der Waals surface area contributed by atoms with Crippen LogP contribution in [-0.2, 0) is 4.74 Å². The van der Waals surface area contributed by atoms with Gasteiger partial charge in [0.1, 0.15) is 11.6 Å². The van der Waals surface area contributed by atoms with Crippen molar-refractivity contribution in [3.05, 3.63) is 48.0 Å². The quantitative estimate of drug-likeness (QED) is 0.816. The molecule has 1 N–H and O–H groups in total. The van der Waals surface area contributed by atoms with Crippen molar-refractivity contribution in [1.29, 1.82) is 0 Å². The second kappa shape index (κ2) is 8.27. The summed E-state index contributed by atoms with van der Waals surface area (Å²) in [6.07, 6.45) is 2.34. The van der Waals surface area contributed by atoms with Crippen molar-refractivity contribution in [2.24, 2.45) is 0 Å². The third kappa shape index (κ3) is 4.46. The van der Waals surface area contributed by atoms with Gasteiger partial charge in [-0.3, -0.25) is 4.79 Å². The van der Waals surface area contributed by atoms with Gasteiger partial charge < -0.3 is 19.2 Å². The molecule has 1 fully saturated rings. The number of aliphatic hydroxyl groups excluding tert-OH is 1. The highest BCUT2D eigenvalue weighted by molar-refractivity contribution is 5.92. The zero-order valence-electron chi connectivity index (χ0n) is 14.0. The van der Waals surface area contributed by atoms with Crippen molar-refractivity contribution in [3.8, 4) is 11.3 Å². The van der Waals surface area contributed by atoms with Crippen molar-refractivity contribution in [2.45, 2.75) is 25.4 Å². The molecule has 3 rings (SSSR count). The van der Waals surface area contributed by atoms with Crippen molar-refractivity contribution < 1.29 is 23.4 Å². The van der Waals surface area contributed by atoms with Crippen molar-refractivity contribution in [2.75, 3.05) is 26.3 Å². The minimum atomic E-state index is -0.310. The van der Waals surface area contributed by atoms with Crippen molar-refractivity contribution >= 4 is 5.91 Å². The Kier molecular flexibility index (Phi) is 5.83. The molecule has 1 amide bonds. The van der Waals surface area contributed by atoms with Crippen LogP contribution >= 0.6 is 0 Å². The molecule has 1 aliphatic rings. The van der Waals surface area contributed by atoms with Crippen LogP contribution in [0.3, 0.4) is 0 Å². The molecule has 6 heteroatoms. The zero-order chi connectivity index (χ0) is 17.6. The molecule has 0 spiro atoms. The average Bonchev–Trinajstić information content (AvgIpc) is 3.13. The highest BCUT2D eigenvalue weighted by atomic mass is 19.1. The fourth-order valence-electron chi connectivity index (χ4n) is 2.92. The minimum Gasteiger partial charge on any atom is -0.451 e. The number of carbonyl (C=O) groups is 1. The smallest absolute Gasteiger partial charge is 0.289 e. The van der Waals surface area contributed by atoms with Gasteiger partial charge in [0, 0.05) is 31.9 Å². The summed E-state index contributed by atoms with van der Waals surface area (Å²) in [4.78, 5) is 14.3. The second-order valence-electron chi connectivity index (χ2n) is 6.11. The number of hydrogen-bond acceptors (Lipinski definition) is 4. The van der Waals surface area contributed by atoms with Crippen LogP contribution in [0.5, 0.6) is 0 Å². The van der Waals surface area contributed by atoms with Crippen LogP contribution in [0.4, 0.5) is 4.39 Å². The Morgan fingerprint density at radius 3 is 2.60 bits per heavy atom. The van der Waals surface area contributed by atoms with E-state index in [-0.39, 0.29) is 24.4 Å². The van der Waals surface area contributed by atoms with Gasteiger partial charge >= 0.3 is 0 Å². The second-order valence-corrected chi connectivity index (χ2v) is 6.11. The van der Waals surface area contributed by atoms with E-state index in [0.717, 1.165) is 18.4 Å². The molecule has 1 aromatic heterocycles. The number of nitrogens with zero attached hydrogens (tertiary/aromatic N) is 1. The third-order valence-electron chi connectivity index (χ3n) is 4.33. The number of carbonyl (C=O) groups excluding carboxylic acids is 1. The van der Waals surface area contributed by atoms with E-state index in [1.165, 1.54) is 12.1 Å². The molecule has 0 radical (unpaired) electrons. The maximum atomic E-state index is 13.0. The van der Waals surface area contributed by atoms with Crippen LogP contribution in [0, 0.1) is 5.82 Å². The molecular formula is C19H22FNO4. The minimum absolute atomic E-state index is 0.131. The number of benzene rings is 1. The van der Waals surface area contributed by atoms with Gasteiger partial charge in [0.25, 0.3) is 5.91 Å². The number of aliphatic hydroxyl groups is 1. The van der Waals surface area contributed by atoms with E-state index >= 15 is 0 Å². The highest BCUT2D eigenvalue weighted by Gasteiger charge is 2.25. The van der Waals surface area contributed by atoms with E-state index in [1.807, 2.05) is 0 Å². The fourth-order valence-corrected chi connectivity index (χ4v) is 2.92. The SMILES string of the molecule is O=C(c1ccc(-c2ccc(F)cc2)o1)N1CCC(OCCCO)CC1. The molecule has 2 heterocycles. The van der Waals surface area contributed by atoms with Crippen LogP contribution in [0.2, 0.25) is 0 Å². The van der Waals surface area contributed by atoms with Crippen LogP contribution in [0.15, 0.2) is 40.8 Å². The van der Waals surface area contributed by atoms with Gasteiger partial charge in [-0.1, -0.05) is 0 Å². The lowest BCUT2D eigenvalue weighted by Crippen LogP contribution is -2.40.